The third-order valence-corrected chi connectivity index (χ3v) is 8.30. The molecule has 1 aliphatic rings. The number of carbonyl (C=O) groups excluding carboxylic acids is 1. The smallest absolute Gasteiger partial charge is 0.257 e. The fourth-order valence-electron chi connectivity index (χ4n) is 3.77. The molecule has 2 aromatic carbocycles. The number of ether oxygens (including phenoxy) is 1. The number of aromatic nitrogens is 1. The zero-order valence-electron chi connectivity index (χ0n) is 18.9. The fraction of sp³-hybridized carbons (Fsp3) is 0.333. The molecule has 1 atom stereocenters. The van der Waals surface area contributed by atoms with E-state index in [2.05, 4.69) is 28.5 Å². The van der Waals surface area contributed by atoms with Crippen molar-refractivity contribution in [2.75, 3.05) is 25.5 Å². The van der Waals surface area contributed by atoms with Crippen LogP contribution in [0.1, 0.15) is 34.3 Å². The second kappa shape index (κ2) is 9.72. The minimum absolute atomic E-state index is 0.0680. The molecule has 1 N–H and O–H groups in total. The SMILES string of the molecule is Cc1ccc(C)c(-c2csc(NC(=O)c3ccc(S(=O)(=O)N(C)CC4CCCO4)cc3)n2)c1. The number of thiazole rings is 1. The monoisotopic (exact) mass is 485 g/mol. The average molecular weight is 486 g/mol. The molecule has 0 bridgehead atoms. The molecule has 4 rings (SSSR count). The summed E-state index contributed by atoms with van der Waals surface area (Å²) >= 11 is 1.35. The van der Waals surface area contributed by atoms with E-state index in [9.17, 15) is 13.2 Å². The number of nitrogens with one attached hydrogen (secondary N) is 1. The molecule has 1 unspecified atom stereocenters. The van der Waals surface area contributed by atoms with Gasteiger partial charge in [0.1, 0.15) is 0 Å². The second-order valence-corrected chi connectivity index (χ2v) is 11.2. The van der Waals surface area contributed by atoms with Crippen molar-refractivity contribution < 1.29 is 17.9 Å². The highest BCUT2D eigenvalue weighted by molar-refractivity contribution is 7.89. The van der Waals surface area contributed by atoms with E-state index in [-0.39, 0.29) is 16.9 Å². The van der Waals surface area contributed by atoms with Crippen molar-refractivity contribution in [3.05, 3.63) is 64.5 Å². The number of nitrogens with zero attached hydrogens (tertiary/aromatic N) is 2. The predicted octanol–water partition coefficient (Wildman–Crippen LogP) is 4.48. The van der Waals surface area contributed by atoms with Gasteiger partial charge in [-0.2, -0.15) is 4.31 Å². The highest BCUT2D eigenvalue weighted by Crippen LogP contribution is 2.28. The van der Waals surface area contributed by atoms with Crippen molar-refractivity contribution in [1.82, 2.24) is 9.29 Å². The molecule has 1 amide bonds. The summed E-state index contributed by atoms with van der Waals surface area (Å²) in [5.41, 5.74) is 4.47. The van der Waals surface area contributed by atoms with Crippen LogP contribution in [0, 0.1) is 13.8 Å². The van der Waals surface area contributed by atoms with Crippen LogP contribution in [-0.4, -0.2) is 49.9 Å². The van der Waals surface area contributed by atoms with E-state index in [0.717, 1.165) is 35.2 Å². The molecule has 9 heteroatoms. The number of likely N-dealkylation sites (N-methyl/N-ethyl adjacent to an activating group) is 1. The zero-order chi connectivity index (χ0) is 23.6. The van der Waals surface area contributed by atoms with Gasteiger partial charge in [0.15, 0.2) is 5.13 Å². The van der Waals surface area contributed by atoms with Gasteiger partial charge in [-0.15, -0.1) is 11.3 Å². The third kappa shape index (κ3) is 5.33. The number of anilines is 1. The van der Waals surface area contributed by atoms with Gasteiger partial charge in [-0.3, -0.25) is 10.1 Å². The van der Waals surface area contributed by atoms with E-state index in [1.807, 2.05) is 19.2 Å². The van der Waals surface area contributed by atoms with Crippen molar-refractivity contribution in [2.24, 2.45) is 0 Å². The van der Waals surface area contributed by atoms with Crippen LogP contribution in [0.4, 0.5) is 5.13 Å². The summed E-state index contributed by atoms with van der Waals surface area (Å²) in [6, 6.07) is 12.1. The molecule has 0 radical (unpaired) electrons. The molecule has 1 fully saturated rings. The Morgan fingerprint density at radius 3 is 2.67 bits per heavy atom. The molecule has 7 nitrogen and oxygen atoms in total. The van der Waals surface area contributed by atoms with E-state index in [1.165, 1.54) is 39.9 Å². The quantitative estimate of drug-likeness (QED) is 0.533. The number of aryl methyl sites for hydroxylation is 2. The van der Waals surface area contributed by atoms with Crippen molar-refractivity contribution in [1.29, 1.82) is 0 Å². The normalized spacial score (nSPS) is 16.3. The highest BCUT2D eigenvalue weighted by Gasteiger charge is 2.26. The van der Waals surface area contributed by atoms with Gasteiger partial charge in [-0.1, -0.05) is 17.7 Å². The van der Waals surface area contributed by atoms with Crippen LogP contribution in [-0.2, 0) is 14.8 Å². The molecule has 2 heterocycles. The number of carbonyl (C=O) groups is 1. The Balaban J connectivity index is 1.43. The molecule has 33 heavy (non-hydrogen) atoms. The topological polar surface area (TPSA) is 88.6 Å². The lowest BCUT2D eigenvalue weighted by Crippen LogP contribution is -2.34. The van der Waals surface area contributed by atoms with Crippen LogP contribution >= 0.6 is 11.3 Å². The summed E-state index contributed by atoms with van der Waals surface area (Å²) in [7, 11) is -2.10. The maximum atomic E-state index is 12.8. The molecule has 3 aromatic rings. The molecular weight excluding hydrogens is 458 g/mol. The van der Waals surface area contributed by atoms with Crippen LogP contribution in [0.15, 0.2) is 52.7 Å². The maximum Gasteiger partial charge on any atom is 0.257 e. The Kier molecular flexibility index (Phi) is 6.94. The number of sulfonamides is 1. The lowest BCUT2D eigenvalue weighted by atomic mass is 10.0. The first-order valence-corrected chi connectivity index (χ1v) is 13.1. The molecule has 0 aliphatic carbocycles. The Hall–Kier alpha value is -2.59. The molecule has 0 saturated carbocycles. The fourth-order valence-corrected chi connectivity index (χ4v) is 5.68. The molecule has 174 valence electrons. The Morgan fingerprint density at radius 2 is 1.97 bits per heavy atom. The predicted molar refractivity (Wildman–Crippen MR) is 130 cm³/mol. The van der Waals surface area contributed by atoms with Crippen molar-refractivity contribution in [3.8, 4) is 11.3 Å². The van der Waals surface area contributed by atoms with Gasteiger partial charge in [0.05, 0.1) is 16.7 Å². The minimum atomic E-state index is -3.65. The van der Waals surface area contributed by atoms with E-state index in [1.54, 1.807) is 7.05 Å². The van der Waals surface area contributed by atoms with Gasteiger partial charge < -0.3 is 4.74 Å². The third-order valence-electron chi connectivity index (χ3n) is 5.70. The van der Waals surface area contributed by atoms with Crippen LogP contribution < -0.4 is 5.32 Å². The number of hydrogen-bond acceptors (Lipinski definition) is 6. The van der Waals surface area contributed by atoms with Crippen molar-refractivity contribution in [3.63, 3.8) is 0 Å². The highest BCUT2D eigenvalue weighted by atomic mass is 32.2. The first-order chi connectivity index (χ1) is 15.7. The standard InChI is InChI=1S/C24H27N3O4S2/c1-16-6-7-17(2)21(13-16)22-15-32-24(25-22)26-23(28)18-8-10-20(11-9-18)33(29,30)27(3)14-19-5-4-12-31-19/h6-11,13,15,19H,4-5,12,14H2,1-3H3,(H,25,26,28). The molecule has 0 spiro atoms. The molecular formula is C24H27N3O4S2. The first-order valence-electron chi connectivity index (χ1n) is 10.8. The molecule has 1 aliphatic heterocycles. The lowest BCUT2D eigenvalue weighted by Gasteiger charge is -2.20. The summed E-state index contributed by atoms with van der Waals surface area (Å²) in [6.07, 6.45) is 1.75. The first kappa shape index (κ1) is 23.6. The van der Waals surface area contributed by atoms with Gasteiger partial charge in [-0.25, -0.2) is 13.4 Å². The van der Waals surface area contributed by atoms with E-state index >= 15 is 0 Å². The maximum absolute atomic E-state index is 12.8. The van der Waals surface area contributed by atoms with Crippen LogP contribution in [0.2, 0.25) is 0 Å². The number of hydrogen-bond donors (Lipinski definition) is 1. The van der Waals surface area contributed by atoms with Crippen LogP contribution in [0.3, 0.4) is 0 Å². The van der Waals surface area contributed by atoms with E-state index < -0.39 is 10.0 Å². The van der Waals surface area contributed by atoms with Crippen molar-refractivity contribution in [2.45, 2.75) is 37.7 Å². The van der Waals surface area contributed by atoms with Gasteiger partial charge in [-0.05, 0) is 62.6 Å². The summed E-state index contributed by atoms with van der Waals surface area (Å²) in [4.78, 5) is 17.4. The van der Waals surface area contributed by atoms with E-state index in [0.29, 0.717) is 23.8 Å². The summed E-state index contributed by atoms with van der Waals surface area (Å²) in [5, 5.41) is 5.21. The summed E-state index contributed by atoms with van der Waals surface area (Å²) in [5.74, 6) is -0.339. The average Bonchev–Trinajstić information content (AvgIpc) is 3.47. The Bertz CT molecular complexity index is 1250. The van der Waals surface area contributed by atoms with Gasteiger partial charge in [0.2, 0.25) is 10.0 Å². The Labute approximate surface area is 198 Å². The summed E-state index contributed by atoms with van der Waals surface area (Å²) < 4.78 is 32.5. The van der Waals surface area contributed by atoms with E-state index in [4.69, 9.17) is 4.74 Å². The number of benzene rings is 2. The van der Waals surface area contributed by atoms with Gasteiger partial charge in [0, 0.05) is 36.7 Å². The lowest BCUT2D eigenvalue weighted by molar-refractivity contribution is 0.0979. The largest absolute Gasteiger partial charge is 0.377 e. The zero-order valence-corrected chi connectivity index (χ0v) is 20.5. The minimum Gasteiger partial charge on any atom is -0.377 e. The van der Waals surface area contributed by atoms with Crippen LogP contribution in [0.25, 0.3) is 11.3 Å². The molecule has 1 saturated heterocycles. The van der Waals surface area contributed by atoms with Crippen LogP contribution in [0.5, 0.6) is 0 Å². The second-order valence-electron chi connectivity index (χ2n) is 8.26. The Morgan fingerprint density at radius 1 is 1.21 bits per heavy atom. The van der Waals surface area contributed by atoms with Gasteiger partial charge >= 0.3 is 0 Å². The number of amides is 1. The molecule has 1 aromatic heterocycles. The summed E-state index contributed by atoms with van der Waals surface area (Å²) in [6.45, 7) is 5.05. The number of rotatable bonds is 7. The van der Waals surface area contributed by atoms with Crippen molar-refractivity contribution >= 4 is 32.4 Å². The van der Waals surface area contributed by atoms with Gasteiger partial charge in [0.25, 0.3) is 5.91 Å².